The molecule has 0 bridgehead atoms. The highest BCUT2D eigenvalue weighted by atomic mass is 15.1. The molecule has 2 heterocycles. The molecule has 6 rings (SSSR count). The third kappa shape index (κ3) is 2.23. The fourth-order valence-corrected chi connectivity index (χ4v) is 4.69. The van der Waals surface area contributed by atoms with E-state index in [1.54, 1.807) is 0 Å². The van der Waals surface area contributed by atoms with Gasteiger partial charge in [0.15, 0.2) is 0 Å². The van der Waals surface area contributed by atoms with E-state index < -0.39 is 0 Å². The van der Waals surface area contributed by atoms with E-state index in [9.17, 15) is 0 Å². The zero-order valence-electron chi connectivity index (χ0n) is 16.2. The van der Waals surface area contributed by atoms with Gasteiger partial charge in [0.1, 0.15) is 0 Å². The normalized spacial score (nSPS) is 12.2. The van der Waals surface area contributed by atoms with Gasteiger partial charge < -0.3 is 9.47 Å². The van der Waals surface area contributed by atoms with E-state index in [4.69, 9.17) is 0 Å². The molecule has 2 heteroatoms. The second kappa shape index (κ2) is 6.11. The van der Waals surface area contributed by atoms with Crippen molar-refractivity contribution in [1.82, 2.24) is 4.57 Å². The van der Waals surface area contributed by atoms with Gasteiger partial charge in [-0.05, 0) is 30.3 Å². The molecule has 0 saturated carbocycles. The lowest BCUT2D eigenvalue weighted by Crippen LogP contribution is -2.10. The number of nitrogens with zero attached hydrogens (tertiary/aromatic N) is 2. The summed E-state index contributed by atoms with van der Waals surface area (Å²) < 4.78 is 2.42. The maximum Gasteiger partial charge on any atom is 0.0641 e. The fourth-order valence-electron chi connectivity index (χ4n) is 4.69. The lowest BCUT2D eigenvalue weighted by Gasteiger charge is -2.22. The third-order valence-corrected chi connectivity index (χ3v) is 5.94. The fraction of sp³-hybridized carbons (Fsp3) is 0.0370. The van der Waals surface area contributed by atoms with Crippen molar-refractivity contribution in [3.05, 3.63) is 103 Å². The van der Waals surface area contributed by atoms with Gasteiger partial charge in [-0.3, -0.25) is 0 Å². The van der Waals surface area contributed by atoms with Crippen LogP contribution in [-0.4, -0.2) is 11.6 Å². The summed E-state index contributed by atoms with van der Waals surface area (Å²) in [5.74, 6) is 0. The van der Waals surface area contributed by atoms with Crippen LogP contribution in [0, 0.1) is 0 Å². The summed E-state index contributed by atoms with van der Waals surface area (Å²) in [6, 6.07) is 36.9. The minimum atomic E-state index is 1.18. The van der Waals surface area contributed by atoms with E-state index >= 15 is 0 Å². The van der Waals surface area contributed by atoms with E-state index in [1.165, 1.54) is 50.3 Å². The Morgan fingerprint density at radius 2 is 1.14 bits per heavy atom. The summed E-state index contributed by atoms with van der Waals surface area (Å²) in [6.07, 6.45) is 0. The van der Waals surface area contributed by atoms with Crippen LogP contribution >= 0.6 is 0 Å². The van der Waals surface area contributed by atoms with Crippen molar-refractivity contribution in [1.29, 1.82) is 0 Å². The van der Waals surface area contributed by atoms with Crippen molar-refractivity contribution >= 4 is 22.3 Å². The maximum atomic E-state index is 2.42. The van der Waals surface area contributed by atoms with Crippen LogP contribution in [0.3, 0.4) is 0 Å². The first-order chi connectivity index (χ1) is 14.3. The van der Waals surface area contributed by atoms with Crippen LogP contribution in [0.25, 0.3) is 39.0 Å². The maximum absolute atomic E-state index is 2.42. The number of anilines is 2. The van der Waals surface area contributed by atoms with Gasteiger partial charge in [-0.1, -0.05) is 72.8 Å². The molecule has 0 aliphatic carbocycles. The van der Waals surface area contributed by atoms with E-state index in [0.717, 1.165) is 0 Å². The smallest absolute Gasteiger partial charge is 0.0641 e. The summed E-state index contributed by atoms with van der Waals surface area (Å²) in [5, 5.41) is 1.28. The monoisotopic (exact) mass is 372 g/mol. The molecule has 2 nitrogen and oxygen atoms in total. The van der Waals surface area contributed by atoms with Crippen molar-refractivity contribution in [3.8, 4) is 28.1 Å². The summed E-state index contributed by atoms with van der Waals surface area (Å²) in [4.78, 5) is 2.31. The molecular formula is C27H20N2. The minimum Gasteiger partial charge on any atom is -0.344 e. The molecule has 4 aromatic carbocycles. The second-order valence-corrected chi connectivity index (χ2v) is 7.51. The molecule has 0 saturated heterocycles. The highest BCUT2D eigenvalue weighted by Gasteiger charge is 2.28. The van der Waals surface area contributed by atoms with Gasteiger partial charge in [0, 0.05) is 40.5 Å². The van der Waals surface area contributed by atoms with Crippen molar-refractivity contribution in [2.24, 2.45) is 0 Å². The van der Waals surface area contributed by atoms with Crippen molar-refractivity contribution < 1.29 is 0 Å². The molecule has 29 heavy (non-hydrogen) atoms. The Bertz CT molecular complexity index is 1360. The van der Waals surface area contributed by atoms with Gasteiger partial charge in [0.25, 0.3) is 0 Å². The van der Waals surface area contributed by atoms with E-state index in [0.29, 0.717) is 0 Å². The summed E-state index contributed by atoms with van der Waals surface area (Å²) in [5.41, 5.74) is 9.95. The largest absolute Gasteiger partial charge is 0.344 e. The number of hydrogen-bond donors (Lipinski definition) is 0. The molecule has 0 amide bonds. The van der Waals surface area contributed by atoms with E-state index in [1.807, 2.05) is 0 Å². The molecule has 0 N–H and O–H groups in total. The van der Waals surface area contributed by atoms with Gasteiger partial charge in [0.05, 0.1) is 16.9 Å². The molecule has 1 aliphatic rings. The average Bonchev–Trinajstić information content (AvgIpc) is 3.09. The van der Waals surface area contributed by atoms with Crippen LogP contribution < -0.4 is 4.90 Å². The molecule has 0 spiro atoms. The van der Waals surface area contributed by atoms with Gasteiger partial charge >= 0.3 is 0 Å². The van der Waals surface area contributed by atoms with Gasteiger partial charge in [0.2, 0.25) is 0 Å². The Hall–Kier alpha value is -3.78. The zero-order valence-corrected chi connectivity index (χ0v) is 16.2. The summed E-state index contributed by atoms with van der Waals surface area (Å²) >= 11 is 0. The highest BCUT2D eigenvalue weighted by molar-refractivity contribution is 6.11. The number of para-hydroxylation sites is 4. The standard InChI is InChI=1S/C27H20N2/c1-28-23-16-8-5-13-20(23)26-21-14-6-10-18-25(21)29(19-11-3-2-4-12-19)27(26)22-15-7-9-17-24(22)28/h2-18H,1H3. The Morgan fingerprint density at radius 1 is 0.552 bits per heavy atom. The Balaban J connectivity index is 1.88. The molecule has 0 atom stereocenters. The number of benzene rings is 4. The molecule has 0 radical (unpaired) electrons. The Labute approximate surface area is 170 Å². The first kappa shape index (κ1) is 16.2. The van der Waals surface area contributed by atoms with Crippen molar-refractivity contribution in [2.75, 3.05) is 11.9 Å². The molecule has 1 aromatic heterocycles. The Morgan fingerprint density at radius 3 is 1.93 bits per heavy atom. The quantitative estimate of drug-likeness (QED) is 0.306. The first-order valence-electron chi connectivity index (χ1n) is 9.96. The lowest BCUT2D eigenvalue weighted by atomic mass is 9.98. The third-order valence-electron chi connectivity index (χ3n) is 5.94. The Kier molecular flexibility index (Phi) is 3.41. The van der Waals surface area contributed by atoms with Gasteiger partial charge in [-0.2, -0.15) is 0 Å². The van der Waals surface area contributed by atoms with Crippen LogP contribution in [0.15, 0.2) is 103 Å². The van der Waals surface area contributed by atoms with Gasteiger partial charge in [-0.15, -0.1) is 0 Å². The van der Waals surface area contributed by atoms with Gasteiger partial charge in [-0.25, -0.2) is 0 Å². The van der Waals surface area contributed by atoms with Crippen LogP contribution in [0.4, 0.5) is 11.4 Å². The summed E-state index contributed by atoms with van der Waals surface area (Å²) in [6.45, 7) is 0. The van der Waals surface area contributed by atoms with Crippen molar-refractivity contribution in [2.45, 2.75) is 0 Å². The van der Waals surface area contributed by atoms with Crippen LogP contribution in [-0.2, 0) is 0 Å². The highest BCUT2D eigenvalue weighted by Crippen LogP contribution is 2.51. The predicted octanol–water partition coefficient (Wildman–Crippen LogP) is 7.05. The number of aromatic nitrogens is 1. The molecule has 0 unspecified atom stereocenters. The van der Waals surface area contributed by atoms with E-state index in [-0.39, 0.29) is 0 Å². The minimum absolute atomic E-state index is 1.18. The molecule has 138 valence electrons. The molecule has 5 aromatic rings. The second-order valence-electron chi connectivity index (χ2n) is 7.51. The SMILES string of the molecule is CN1c2ccccc2-c2c(n(-c3ccccc3)c3ccccc23)-c2ccccc21. The predicted molar refractivity (Wildman–Crippen MR) is 122 cm³/mol. The molecule has 0 fully saturated rings. The number of fused-ring (bicyclic) bond motifs is 7. The van der Waals surface area contributed by atoms with Crippen LogP contribution in [0.1, 0.15) is 0 Å². The lowest BCUT2D eigenvalue weighted by molar-refractivity contribution is 1.13. The summed E-state index contributed by atoms with van der Waals surface area (Å²) in [7, 11) is 2.17. The van der Waals surface area contributed by atoms with Crippen LogP contribution in [0.2, 0.25) is 0 Å². The van der Waals surface area contributed by atoms with Crippen molar-refractivity contribution in [3.63, 3.8) is 0 Å². The number of rotatable bonds is 1. The van der Waals surface area contributed by atoms with Crippen LogP contribution in [0.5, 0.6) is 0 Å². The number of hydrogen-bond acceptors (Lipinski definition) is 1. The first-order valence-corrected chi connectivity index (χ1v) is 9.96. The molecular weight excluding hydrogens is 352 g/mol. The average molecular weight is 372 g/mol. The van der Waals surface area contributed by atoms with E-state index in [2.05, 4.69) is 120 Å². The molecule has 1 aliphatic heterocycles. The topological polar surface area (TPSA) is 8.17 Å². The zero-order chi connectivity index (χ0) is 19.4.